The maximum Gasteiger partial charge on any atom is 0.125 e. The van der Waals surface area contributed by atoms with Gasteiger partial charge in [0.1, 0.15) is 5.82 Å². The van der Waals surface area contributed by atoms with E-state index in [9.17, 15) is 0 Å². The SMILES string of the molecule is CCC(CC)NC(C)c1nccn1C. The third-order valence-electron chi connectivity index (χ3n) is 2.72. The molecular formula is C11H21N3. The zero-order chi connectivity index (χ0) is 10.6. The van der Waals surface area contributed by atoms with Crippen LogP contribution in [0.2, 0.25) is 0 Å². The van der Waals surface area contributed by atoms with Crippen molar-refractivity contribution in [3.05, 3.63) is 18.2 Å². The predicted octanol–water partition coefficient (Wildman–Crippen LogP) is 2.26. The Morgan fingerprint density at radius 1 is 1.43 bits per heavy atom. The third kappa shape index (κ3) is 2.58. The van der Waals surface area contributed by atoms with Crippen LogP contribution < -0.4 is 5.32 Å². The fraction of sp³-hybridized carbons (Fsp3) is 0.727. The zero-order valence-corrected chi connectivity index (χ0v) is 9.62. The largest absolute Gasteiger partial charge is 0.337 e. The van der Waals surface area contributed by atoms with Gasteiger partial charge >= 0.3 is 0 Å². The van der Waals surface area contributed by atoms with E-state index in [2.05, 4.69) is 35.6 Å². The molecule has 0 aromatic carbocycles. The maximum absolute atomic E-state index is 4.34. The van der Waals surface area contributed by atoms with Crippen molar-refractivity contribution in [2.24, 2.45) is 7.05 Å². The number of nitrogens with one attached hydrogen (secondary N) is 1. The van der Waals surface area contributed by atoms with E-state index in [1.807, 2.05) is 19.4 Å². The van der Waals surface area contributed by atoms with Crippen molar-refractivity contribution >= 4 is 0 Å². The number of rotatable bonds is 5. The van der Waals surface area contributed by atoms with Gasteiger partial charge in [-0.15, -0.1) is 0 Å². The van der Waals surface area contributed by atoms with Gasteiger partial charge < -0.3 is 9.88 Å². The second kappa shape index (κ2) is 5.15. The van der Waals surface area contributed by atoms with Gasteiger partial charge in [-0.3, -0.25) is 0 Å². The van der Waals surface area contributed by atoms with Crippen LogP contribution in [0.5, 0.6) is 0 Å². The van der Waals surface area contributed by atoms with Crippen molar-refractivity contribution in [3.63, 3.8) is 0 Å². The van der Waals surface area contributed by atoms with Crippen molar-refractivity contribution in [1.29, 1.82) is 0 Å². The molecule has 0 spiro atoms. The fourth-order valence-electron chi connectivity index (χ4n) is 1.75. The molecule has 0 radical (unpaired) electrons. The lowest BCUT2D eigenvalue weighted by Gasteiger charge is -2.20. The molecule has 0 saturated heterocycles. The van der Waals surface area contributed by atoms with Crippen molar-refractivity contribution in [2.45, 2.75) is 45.7 Å². The highest BCUT2D eigenvalue weighted by atomic mass is 15.1. The molecule has 0 fully saturated rings. The second-order valence-corrected chi connectivity index (χ2v) is 3.80. The molecule has 1 N–H and O–H groups in total. The van der Waals surface area contributed by atoms with Gasteiger partial charge in [0.2, 0.25) is 0 Å². The van der Waals surface area contributed by atoms with E-state index in [-0.39, 0.29) is 0 Å². The van der Waals surface area contributed by atoms with Gasteiger partial charge in [0.15, 0.2) is 0 Å². The van der Waals surface area contributed by atoms with Crippen molar-refractivity contribution in [3.8, 4) is 0 Å². The molecule has 0 amide bonds. The number of hydrogen-bond donors (Lipinski definition) is 1. The highest BCUT2D eigenvalue weighted by Gasteiger charge is 2.13. The van der Waals surface area contributed by atoms with Crippen LogP contribution in [0.4, 0.5) is 0 Å². The van der Waals surface area contributed by atoms with Gasteiger partial charge in [0.25, 0.3) is 0 Å². The van der Waals surface area contributed by atoms with Gasteiger partial charge in [-0.05, 0) is 19.8 Å². The van der Waals surface area contributed by atoms with Gasteiger partial charge in [0, 0.05) is 25.5 Å². The number of hydrogen-bond acceptors (Lipinski definition) is 2. The molecule has 1 heterocycles. The van der Waals surface area contributed by atoms with E-state index in [0.29, 0.717) is 12.1 Å². The van der Waals surface area contributed by atoms with Crippen LogP contribution in [-0.2, 0) is 7.05 Å². The van der Waals surface area contributed by atoms with Crippen LogP contribution in [-0.4, -0.2) is 15.6 Å². The van der Waals surface area contributed by atoms with E-state index in [0.717, 1.165) is 5.82 Å². The van der Waals surface area contributed by atoms with E-state index < -0.39 is 0 Å². The van der Waals surface area contributed by atoms with E-state index in [1.165, 1.54) is 12.8 Å². The summed E-state index contributed by atoms with van der Waals surface area (Å²) in [6, 6.07) is 0.932. The van der Waals surface area contributed by atoms with Crippen LogP contribution in [0.3, 0.4) is 0 Å². The summed E-state index contributed by atoms with van der Waals surface area (Å²) in [6.45, 7) is 6.60. The Balaban J connectivity index is 2.58. The molecule has 1 atom stereocenters. The first-order valence-corrected chi connectivity index (χ1v) is 5.42. The summed E-state index contributed by atoms with van der Waals surface area (Å²) in [5.74, 6) is 1.11. The Hall–Kier alpha value is -0.830. The molecule has 0 bridgehead atoms. The van der Waals surface area contributed by atoms with Crippen LogP contribution >= 0.6 is 0 Å². The summed E-state index contributed by atoms with van der Waals surface area (Å²) < 4.78 is 2.07. The average Bonchev–Trinajstić information content (AvgIpc) is 2.60. The summed E-state index contributed by atoms with van der Waals surface area (Å²) in [7, 11) is 2.04. The van der Waals surface area contributed by atoms with Gasteiger partial charge in [-0.1, -0.05) is 13.8 Å². The van der Waals surface area contributed by atoms with Gasteiger partial charge in [-0.2, -0.15) is 0 Å². The molecule has 0 aliphatic carbocycles. The minimum absolute atomic E-state index is 0.333. The van der Waals surface area contributed by atoms with Crippen LogP contribution in [0, 0.1) is 0 Å². The Morgan fingerprint density at radius 3 is 2.50 bits per heavy atom. The topological polar surface area (TPSA) is 29.9 Å². The molecule has 0 aliphatic rings. The molecule has 0 saturated carbocycles. The number of nitrogens with zero attached hydrogens (tertiary/aromatic N) is 2. The number of aromatic nitrogens is 2. The molecule has 0 aliphatic heterocycles. The third-order valence-corrected chi connectivity index (χ3v) is 2.72. The molecule has 1 rings (SSSR count). The average molecular weight is 195 g/mol. The molecule has 3 nitrogen and oxygen atoms in total. The zero-order valence-electron chi connectivity index (χ0n) is 9.62. The fourth-order valence-corrected chi connectivity index (χ4v) is 1.75. The van der Waals surface area contributed by atoms with Crippen LogP contribution in [0.15, 0.2) is 12.4 Å². The van der Waals surface area contributed by atoms with Crippen molar-refractivity contribution in [2.75, 3.05) is 0 Å². The van der Waals surface area contributed by atoms with E-state index >= 15 is 0 Å². The monoisotopic (exact) mass is 195 g/mol. The smallest absolute Gasteiger partial charge is 0.125 e. The molecule has 1 aromatic rings. The Bertz CT molecular complexity index is 263. The molecule has 80 valence electrons. The minimum Gasteiger partial charge on any atom is -0.337 e. The van der Waals surface area contributed by atoms with E-state index in [4.69, 9.17) is 0 Å². The van der Waals surface area contributed by atoms with Crippen molar-refractivity contribution < 1.29 is 0 Å². The molecular weight excluding hydrogens is 174 g/mol. The van der Waals surface area contributed by atoms with Crippen LogP contribution in [0.25, 0.3) is 0 Å². The van der Waals surface area contributed by atoms with Gasteiger partial charge in [-0.25, -0.2) is 4.98 Å². The number of imidazole rings is 1. The summed E-state index contributed by atoms with van der Waals surface area (Å²) in [4.78, 5) is 4.34. The lowest BCUT2D eigenvalue weighted by atomic mass is 10.1. The molecule has 1 aromatic heterocycles. The maximum atomic E-state index is 4.34. The Morgan fingerprint density at radius 2 is 2.07 bits per heavy atom. The van der Waals surface area contributed by atoms with Crippen molar-refractivity contribution in [1.82, 2.24) is 14.9 Å². The summed E-state index contributed by atoms with van der Waals surface area (Å²) >= 11 is 0. The van der Waals surface area contributed by atoms with Crippen LogP contribution in [0.1, 0.15) is 45.5 Å². The lowest BCUT2D eigenvalue weighted by molar-refractivity contribution is 0.415. The summed E-state index contributed by atoms with van der Waals surface area (Å²) in [5, 5.41) is 3.58. The van der Waals surface area contributed by atoms with Gasteiger partial charge in [0.05, 0.1) is 6.04 Å². The summed E-state index contributed by atoms with van der Waals surface area (Å²) in [6.07, 6.45) is 6.18. The molecule has 3 heteroatoms. The molecule has 14 heavy (non-hydrogen) atoms. The number of aryl methyl sites for hydroxylation is 1. The lowest BCUT2D eigenvalue weighted by Crippen LogP contribution is -2.31. The Labute approximate surface area is 86.5 Å². The first-order valence-electron chi connectivity index (χ1n) is 5.42. The molecule has 1 unspecified atom stereocenters. The first kappa shape index (κ1) is 11.2. The quantitative estimate of drug-likeness (QED) is 0.781. The summed E-state index contributed by atoms with van der Waals surface area (Å²) in [5.41, 5.74) is 0. The second-order valence-electron chi connectivity index (χ2n) is 3.80. The van der Waals surface area contributed by atoms with E-state index in [1.54, 1.807) is 0 Å². The highest BCUT2D eigenvalue weighted by molar-refractivity contribution is 4.97. The highest BCUT2D eigenvalue weighted by Crippen LogP contribution is 2.11. The predicted molar refractivity (Wildman–Crippen MR) is 59.1 cm³/mol. The standard InChI is InChI=1S/C11H21N3/c1-5-10(6-2)13-9(3)11-12-7-8-14(11)4/h7-10,13H,5-6H2,1-4H3. The first-order chi connectivity index (χ1) is 6.69. The Kier molecular flexibility index (Phi) is 4.14. The normalized spacial score (nSPS) is 13.5. The minimum atomic E-state index is 0.333.